The minimum Gasteiger partial charge on any atom is -0.466 e. The second kappa shape index (κ2) is 10.8. The summed E-state index contributed by atoms with van der Waals surface area (Å²) in [7, 11) is -2.05. The van der Waals surface area contributed by atoms with E-state index in [2.05, 4.69) is 33.9 Å². The van der Waals surface area contributed by atoms with Crippen molar-refractivity contribution in [3.8, 4) is 0 Å². The van der Waals surface area contributed by atoms with E-state index in [9.17, 15) is 14.0 Å². The molecular weight excluding hydrogens is 453 g/mol. The second-order valence-electron chi connectivity index (χ2n) is 11.6. The average molecular weight is 496 g/mol. The van der Waals surface area contributed by atoms with Gasteiger partial charge in [-0.2, -0.15) is 0 Å². The summed E-state index contributed by atoms with van der Waals surface area (Å²) in [5, 5.41) is 0.0339. The minimum absolute atomic E-state index is 0.0339. The number of esters is 1. The summed E-state index contributed by atoms with van der Waals surface area (Å²) in [5.74, 6) is -0.779. The van der Waals surface area contributed by atoms with Crippen LogP contribution in [0.3, 0.4) is 0 Å². The highest BCUT2D eigenvalue weighted by atomic mass is 28.4. The van der Waals surface area contributed by atoms with E-state index in [1.54, 1.807) is 24.0 Å². The van der Waals surface area contributed by atoms with Crippen LogP contribution in [0.2, 0.25) is 18.1 Å². The first-order valence-electron chi connectivity index (χ1n) is 12.1. The van der Waals surface area contributed by atoms with Crippen LogP contribution in [0.1, 0.15) is 72.9 Å². The normalized spacial score (nSPS) is 21.5. The third-order valence-electron chi connectivity index (χ3n) is 6.70. The van der Waals surface area contributed by atoms with Crippen LogP contribution in [-0.4, -0.2) is 50.1 Å². The first-order chi connectivity index (χ1) is 15.6. The van der Waals surface area contributed by atoms with E-state index in [1.165, 1.54) is 12.1 Å². The molecule has 34 heavy (non-hydrogen) atoms. The van der Waals surface area contributed by atoms with Crippen molar-refractivity contribution >= 4 is 20.4 Å². The quantitative estimate of drug-likeness (QED) is 0.320. The molecule has 0 N–H and O–H groups in total. The van der Waals surface area contributed by atoms with Crippen molar-refractivity contribution in [3.63, 3.8) is 0 Å². The van der Waals surface area contributed by atoms with Crippen molar-refractivity contribution in [2.24, 2.45) is 5.92 Å². The van der Waals surface area contributed by atoms with E-state index >= 15 is 0 Å². The Morgan fingerprint density at radius 2 is 1.68 bits per heavy atom. The molecular formula is C26H42FNO5Si. The van der Waals surface area contributed by atoms with Crippen LogP contribution in [0.4, 0.5) is 9.18 Å². The van der Waals surface area contributed by atoms with Gasteiger partial charge in [0.25, 0.3) is 0 Å². The Bertz CT molecular complexity index is 844. The Morgan fingerprint density at radius 1 is 1.09 bits per heavy atom. The lowest BCUT2D eigenvalue weighted by Gasteiger charge is -2.38. The zero-order chi connectivity index (χ0) is 25.9. The van der Waals surface area contributed by atoms with Crippen LogP contribution >= 0.6 is 0 Å². The van der Waals surface area contributed by atoms with Crippen molar-refractivity contribution in [1.82, 2.24) is 4.90 Å². The summed E-state index contributed by atoms with van der Waals surface area (Å²) in [6.07, 6.45) is 0.141. The molecule has 0 bridgehead atoms. The van der Waals surface area contributed by atoms with Gasteiger partial charge in [0.05, 0.1) is 19.1 Å². The number of rotatable bonds is 7. The zero-order valence-corrected chi connectivity index (χ0v) is 23.2. The average Bonchev–Trinajstić information content (AvgIpc) is 3.03. The number of nitrogens with zero attached hydrogens (tertiary/aromatic N) is 1. The van der Waals surface area contributed by atoms with E-state index in [0.29, 0.717) is 13.0 Å². The molecule has 0 radical (unpaired) electrons. The van der Waals surface area contributed by atoms with Crippen LogP contribution in [0.25, 0.3) is 0 Å². The number of benzene rings is 1. The molecule has 1 aliphatic rings. The van der Waals surface area contributed by atoms with E-state index in [-0.39, 0.29) is 35.8 Å². The van der Waals surface area contributed by atoms with Gasteiger partial charge in [0.15, 0.2) is 8.32 Å². The lowest BCUT2D eigenvalue weighted by atomic mass is 9.93. The topological polar surface area (TPSA) is 65.1 Å². The molecule has 1 heterocycles. The molecule has 1 amide bonds. The first kappa shape index (κ1) is 28.3. The minimum atomic E-state index is -2.05. The van der Waals surface area contributed by atoms with Crippen LogP contribution in [0.5, 0.6) is 0 Å². The molecule has 1 aromatic carbocycles. The maximum Gasteiger partial charge on any atom is 0.411 e. The summed E-state index contributed by atoms with van der Waals surface area (Å²) in [6, 6.07) is 5.38. The fraction of sp³-hybridized carbons (Fsp3) is 0.692. The highest BCUT2D eigenvalue weighted by molar-refractivity contribution is 6.74. The first-order valence-corrected chi connectivity index (χ1v) is 15.0. The molecule has 0 unspecified atom stereocenters. The summed E-state index contributed by atoms with van der Waals surface area (Å²) in [4.78, 5) is 27.5. The van der Waals surface area contributed by atoms with E-state index in [4.69, 9.17) is 13.9 Å². The van der Waals surface area contributed by atoms with Gasteiger partial charge in [-0.1, -0.05) is 32.9 Å². The van der Waals surface area contributed by atoms with E-state index in [1.807, 2.05) is 20.8 Å². The predicted octanol–water partition coefficient (Wildman–Crippen LogP) is 6.47. The zero-order valence-electron chi connectivity index (χ0n) is 22.2. The number of halogens is 1. The van der Waals surface area contributed by atoms with E-state index < -0.39 is 32.1 Å². The van der Waals surface area contributed by atoms with Gasteiger partial charge in [0.1, 0.15) is 11.4 Å². The third kappa shape index (κ3) is 7.28. The summed E-state index contributed by atoms with van der Waals surface area (Å²) < 4.78 is 31.2. The highest BCUT2D eigenvalue weighted by Gasteiger charge is 2.48. The molecule has 3 atom stereocenters. The Morgan fingerprint density at radius 3 is 2.18 bits per heavy atom. The number of amides is 1. The largest absolute Gasteiger partial charge is 0.466 e. The summed E-state index contributed by atoms with van der Waals surface area (Å²) in [5.41, 5.74) is 0.0942. The number of hydrogen-bond donors (Lipinski definition) is 0. The Balaban J connectivity index is 2.46. The molecule has 2 rings (SSSR count). The van der Waals surface area contributed by atoms with Crippen molar-refractivity contribution < 1.29 is 27.9 Å². The van der Waals surface area contributed by atoms with Crippen LogP contribution < -0.4 is 0 Å². The lowest BCUT2D eigenvalue weighted by Crippen LogP contribution is -2.44. The maximum atomic E-state index is 13.7. The molecule has 0 spiro atoms. The number of carbonyl (C=O) groups excluding carboxylic acids is 2. The molecule has 6 nitrogen and oxygen atoms in total. The summed E-state index contributed by atoms with van der Waals surface area (Å²) >= 11 is 0. The molecule has 8 heteroatoms. The van der Waals surface area contributed by atoms with Gasteiger partial charge in [-0.15, -0.1) is 0 Å². The number of likely N-dealkylation sites (tertiary alicyclic amines) is 1. The van der Waals surface area contributed by atoms with Gasteiger partial charge in [-0.3, -0.25) is 9.69 Å². The SMILES string of the molecule is CCOC(=O)C[C@H]1C[C@H](CO[Si](C)(C)C(C)(C)C)[C@@H](c2ccc(F)cc2)N1C(=O)OC(C)(C)C. The second-order valence-corrected chi connectivity index (χ2v) is 16.4. The van der Waals surface area contributed by atoms with Crippen molar-refractivity contribution in [2.45, 2.75) is 97.1 Å². The molecule has 0 aromatic heterocycles. The van der Waals surface area contributed by atoms with Gasteiger partial charge >= 0.3 is 12.1 Å². The molecule has 0 aliphatic carbocycles. The van der Waals surface area contributed by atoms with Crippen LogP contribution in [0.15, 0.2) is 24.3 Å². The van der Waals surface area contributed by atoms with E-state index in [0.717, 1.165) is 5.56 Å². The van der Waals surface area contributed by atoms with Gasteiger partial charge < -0.3 is 13.9 Å². The van der Waals surface area contributed by atoms with Crippen molar-refractivity contribution in [2.75, 3.05) is 13.2 Å². The fourth-order valence-electron chi connectivity index (χ4n) is 4.00. The Hall–Kier alpha value is -1.93. The molecule has 0 saturated carbocycles. The molecule has 192 valence electrons. The molecule has 1 saturated heterocycles. The number of carbonyl (C=O) groups is 2. The standard InChI is InChI=1S/C26H42FNO5Si/c1-10-31-22(29)16-21-15-19(17-32-34(8,9)26(5,6)7)23(18-11-13-20(27)14-12-18)28(21)24(30)33-25(2,3)4/h11-14,19,21,23H,10,15-17H2,1-9H3/t19-,21-,23-/m1/s1. The van der Waals surface area contributed by atoms with Gasteiger partial charge in [0, 0.05) is 18.6 Å². The predicted molar refractivity (Wildman–Crippen MR) is 134 cm³/mol. The Kier molecular flexibility index (Phi) is 8.97. The van der Waals surface area contributed by atoms with Crippen LogP contribution in [0, 0.1) is 11.7 Å². The van der Waals surface area contributed by atoms with Gasteiger partial charge in [-0.05, 0) is 69.9 Å². The van der Waals surface area contributed by atoms with Crippen LogP contribution in [-0.2, 0) is 18.7 Å². The fourth-order valence-corrected chi connectivity index (χ4v) is 5.06. The number of ether oxygens (including phenoxy) is 2. The van der Waals surface area contributed by atoms with Gasteiger partial charge in [0.2, 0.25) is 0 Å². The summed E-state index contributed by atoms with van der Waals surface area (Å²) in [6.45, 7) is 18.8. The third-order valence-corrected chi connectivity index (χ3v) is 11.2. The number of hydrogen-bond acceptors (Lipinski definition) is 5. The smallest absolute Gasteiger partial charge is 0.411 e. The highest BCUT2D eigenvalue weighted by Crippen LogP contribution is 2.45. The van der Waals surface area contributed by atoms with Gasteiger partial charge in [-0.25, -0.2) is 9.18 Å². The molecule has 1 fully saturated rings. The van der Waals surface area contributed by atoms with Crippen molar-refractivity contribution in [3.05, 3.63) is 35.6 Å². The maximum absolute atomic E-state index is 13.7. The lowest BCUT2D eigenvalue weighted by molar-refractivity contribution is -0.144. The molecule has 1 aromatic rings. The molecule has 1 aliphatic heterocycles. The Labute approximate surface area is 205 Å². The van der Waals surface area contributed by atoms with Crippen molar-refractivity contribution in [1.29, 1.82) is 0 Å². The monoisotopic (exact) mass is 495 g/mol.